The van der Waals surface area contributed by atoms with Crippen LogP contribution < -0.4 is 9.47 Å². The van der Waals surface area contributed by atoms with E-state index in [1.165, 1.54) is 5.56 Å². The molecule has 0 unspecified atom stereocenters. The van der Waals surface area contributed by atoms with Crippen LogP contribution in [0.5, 0.6) is 11.5 Å². The molecule has 2 rings (SSSR count). The van der Waals surface area contributed by atoms with Crippen molar-refractivity contribution in [1.29, 1.82) is 0 Å². The van der Waals surface area contributed by atoms with Crippen molar-refractivity contribution in [1.82, 2.24) is 4.90 Å². The van der Waals surface area contributed by atoms with Crippen LogP contribution in [0.2, 0.25) is 0 Å². The molecule has 4 heteroatoms. The van der Waals surface area contributed by atoms with Crippen LogP contribution >= 0.6 is 15.9 Å². The van der Waals surface area contributed by atoms with Crippen LogP contribution in [-0.2, 0) is 6.54 Å². The molecule has 0 aliphatic heterocycles. The van der Waals surface area contributed by atoms with E-state index in [9.17, 15) is 0 Å². The Hall–Kier alpha value is -1.52. The molecule has 21 heavy (non-hydrogen) atoms. The van der Waals surface area contributed by atoms with Crippen LogP contribution in [0, 0.1) is 0 Å². The summed E-state index contributed by atoms with van der Waals surface area (Å²) in [5.74, 6) is 1.79. The fraction of sp³-hybridized carbons (Fsp3) is 0.294. The van der Waals surface area contributed by atoms with E-state index in [0.29, 0.717) is 6.61 Å². The number of halogens is 1. The summed E-state index contributed by atoms with van der Waals surface area (Å²) < 4.78 is 11.9. The minimum absolute atomic E-state index is 0.675. The van der Waals surface area contributed by atoms with Gasteiger partial charge in [0.25, 0.3) is 0 Å². The fourth-order valence-corrected chi connectivity index (χ4v) is 2.24. The SMILES string of the molecule is COc1ccc(CN(C)CCOc2ccc(Br)cc2)cc1. The summed E-state index contributed by atoms with van der Waals surface area (Å²) in [6.45, 7) is 2.45. The van der Waals surface area contributed by atoms with Gasteiger partial charge in [-0.25, -0.2) is 0 Å². The predicted molar refractivity (Wildman–Crippen MR) is 89.0 cm³/mol. The van der Waals surface area contributed by atoms with Crippen LogP contribution in [-0.4, -0.2) is 32.2 Å². The largest absolute Gasteiger partial charge is 0.497 e. The third kappa shape index (κ3) is 5.40. The van der Waals surface area contributed by atoms with E-state index in [0.717, 1.165) is 29.1 Å². The first-order valence-corrected chi connectivity index (χ1v) is 7.66. The first-order chi connectivity index (χ1) is 10.2. The van der Waals surface area contributed by atoms with Crippen LogP contribution in [0.3, 0.4) is 0 Å². The maximum Gasteiger partial charge on any atom is 0.119 e. The minimum atomic E-state index is 0.675. The van der Waals surface area contributed by atoms with Gasteiger partial charge in [0.15, 0.2) is 0 Å². The Bertz CT molecular complexity index is 540. The molecule has 0 heterocycles. The van der Waals surface area contributed by atoms with Crippen molar-refractivity contribution in [2.24, 2.45) is 0 Å². The number of hydrogen-bond acceptors (Lipinski definition) is 3. The van der Waals surface area contributed by atoms with Gasteiger partial charge in [0.2, 0.25) is 0 Å². The highest BCUT2D eigenvalue weighted by Gasteiger charge is 2.02. The van der Waals surface area contributed by atoms with Crippen LogP contribution in [0.4, 0.5) is 0 Å². The average Bonchev–Trinajstić information content (AvgIpc) is 2.50. The zero-order valence-electron chi connectivity index (χ0n) is 12.4. The molecule has 3 nitrogen and oxygen atoms in total. The van der Waals surface area contributed by atoms with Gasteiger partial charge in [-0.3, -0.25) is 4.90 Å². The number of ether oxygens (including phenoxy) is 2. The van der Waals surface area contributed by atoms with E-state index < -0.39 is 0 Å². The highest BCUT2D eigenvalue weighted by Crippen LogP contribution is 2.16. The summed E-state index contributed by atoms with van der Waals surface area (Å²) in [5.41, 5.74) is 1.27. The zero-order chi connectivity index (χ0) is 15.1. The molecular formula is C17H20BrNO2. The van der Waals surface area contributed by atoms with Crippen molar-refractivity contribution >= 4 is 15.9 Å². The maximum absolute atomic E-state index is 5.72. The van der Waals surface area contributed by atoms with E-state index in [1.807, 2.05) is 36.4 Å². The van der Waals surface area contributed by atoms with Crippen molar-refractivity contribution in [3.8, 4) is 11.5 Å². The maximum atomic E-state index is 5.72. The molecule has 0 bridgehead atoms. The molecule has 0 spiro atoms. The number of benzene rings is 2. The molecule has 2 aromatic rings. The summed E-state index contributed by atoms with van der Waals surface area (Å²) in [6.07, 6.45) is 0. The molecule has 2 aromatic carbocycles. The molecule has 0 aliphatic carbocycles. The second-order valence-corrected chi connectivity index (χ2v) is 5.80. The smallest absolute Gasteiger partial charge is 0.119 e. The Labute approximate surface area is 134 Å². The molecule has 0 saturated carbocycles. The van der Waals surface area contributed by atoms with Crippen LogP contribution in [0.15, 0.2) is 53.0 Å². The Morgan fingerprint density at radius 2 is 1.57 bits per heavy atom. The molecule has 0 aliphatic rings. The lowest BCUT2D eigenvalue weighted by molar-refractivity contribution is 0.233. The number of likely N-dealkylation sites (N-methyl/N-ethyl adjacent to an activating group) is 1. The molecule has 0 amide bonds. The summed E-state index contributed by atoms with van der Waals surface area (Å²) in [4.78, 5) is 2.24. The average molecular weight is 350 g/mol. The number of rotatable bonds is 7. The molecule has 0 aromatic heterocycles. The Morgan fingerprint density at radius 1 is 0.952 bits per heavy atom. The van der Waals surface area contributed by atoms with Crippen molar-refractivity contribution in [2.75, 3.05) is 27.3 Å². The second kappa shape index (κ2) is 8.05. The molecule has 0 radical (unpaired) electrons. The lowest BCUT2D eigenvalue weighted by Gasteiger charge is -2.17. The fourth-order valence-electron chi connectivity index (χ4n) is 1.97. The third-order valence-electron chi connectivity index (χ3n) is 3.17. The third-order valence-corrected chi connectivity index (χ3v) is 3.70. The van der Waals surface area contributed by atoms with Gasteiger partial charge in [0.05, 0.1) is 7.11 Å². The molecule has 112 valence electrons. The van der Waals surface area contributed by atoms with E-state index in [4.69, 9.17) is 9.47 Å². The van der Waals surface area contributed by atoms with Crippen LogP contribution in [0.25, 0.3) is 0 Å². The van der Waals surface area contributed by atoms with Crippen molar-refractivity contribution in [2.45, 2.75) is 6.54 Å². The van der Waals surface area contributed by atoms with Gasteiger partial charge >= 0.3 is 0 Å². The molecule has 0 saturated heterocycles. The van der Waals surface area contributed by atoms with Crippen molar-refractivity contribution in [3.63, 3.8) is 0 Å². The van der Waals surface area contributed by atoms with E-state index in [2.05, 4.69) is 40.0 Å². The van der Waals surface area contributed by atoms with Crippen molar-refractivity contribution in [3.05, 3.63) is 58.6 Å². The van der Waals surface area contributed by atoms with Gasteiger partial charge < -0.3 is 9.47 Å². The summed E-state index contributed by atoms with van der Waals surface area (Å²) in [5, 5.41) is 0. The van der Waals surface area contributed by atoms with Gasteiger partial charge in [0.1, 0.15) is 18.1 Å². The van der Waals surface area contributed by atoms with Gasteiger partial charge in [0, 0.05) is 17.6 Å². The van der Waals surface area contributed by atoms with E-state index in [-0.39, 0.29) is 0 Å². The normalized spacial score (nSPS) is 10.7. The standard InChI is InChI=1S/C17H20BrNO2/c1-19(13-14-3-7-16(20-2)8-4-14)11-12-21-17-9-5-15(18)6-10-17/h3-10H,11-13H2,1-2H3. The molecule has 0 fully saturated rings. The lowest BCUT2D eigenvalue weighted by Crippen LogP contribution is -2.23. The van der Waals surface area contributed by atoms with Crippen molar-refractivity contribution < 1.29 is 9.47 Å². The first-order valence-electron chi connectivity index (χ1n) is 6.87. The molecule has 0 atom stereocenters. The number of hydrogen-bond donors (Lipinski definition) is 0. The van der Waals surface area contributed by atoms with Gasteiger partial charge in [-0.15, -0.1) is 0 Å². The summed E-state index contributed by atoms with van der Waals surface area (Å²) in [7, 11) is 3.77. The lowest BCUT2D eigenvalue weighted by atomic mass is 10.2. The zero-order valence-corrected chi connectivity index (χ0v) is 14.0. The van der Waals surface area contributed by atoms with Gasteiger partial charge in [-0.2, -0.15) is 0 Å². The van der Waals surface area contributed by atoms with Crippen LogP contribution in [0.1, 0.15) is 5.56 Å². The van der Waals surface area contributed by atoms with E-state index in [1.54, 1.807) is 7.11 Å². The first kappa shape index (κ1) is 15.9. The van der Waals surface area contributed by atoms with Gasteiger partial charge in [-0.05, 0) is 49.0 Å². The molecule has 0 N–H and O–H groups in total. The monoisotopic (exact) mass is 349 g/mol. The topological polar surface area (TPSA) is 21.7 Å². The summed E-state index contributed by atoms with van der Waals surface area (Å²) in [6, 6.07) is 16.0. The number of methoxy groups -OCH3 is 1. The summed E-state index contributed by atoms with van der Waals surface area (Å²) >= 11 is 3.41. The highest BCUT2D eigenvalue weighted by atomic mass is 79.9. The Morgan fingerprint density at radius 3 is 2.19 bits per heavy atom. The highest BCUT2D eigenvalue weighted by molar-refractivity contribution is 9.10. The minimum Gasteiger partial charge on any atom is -0.497 e. The van der Waals surface area contributed by atoms with E-state index >= 15 is 0 Å². The Balaban J connectivity index is 1.73. The predicted octanol–water partition coefficient (Wildman–Crippen LogP) is 3.97. The van der Waals surface area contributed by atoms with Gasteiger partial charge in [-0.1, -0.05) is 28.1 Å². The molecular weight excluding hydrogens is 330 g/mol. The second-order valence-electron chi connectivity index (χ2n) is 4.89. The Kier molecular flexibility index (Phi) is 6.08. The number of nitrogens with zero attached hydrogens (tertiary/aromatic N) is 1. The quantitative estimate of drug-likeness (QED) is 0.754.